The second-order valence-corrected chi connectivity index (χ2v) is 6.17. The number of rotatable bonds is 7. The van der Waals surface area contributed by atoms with Crippen LogP contribution in [-0.2, 0) is 0 Å². The molecule has 0 aliphatic rings. The minimum Gasteiger partial charge on any atom is -0.493 e. The predicted molar refractivity (Wildman–Crippen MR) is 101 cm³/mol. The van der Waals surface area contributed by atoms with E-state index in [0.717, 1.165) is 11.3 Å². The van der Waals surface area contributed by atoms with Crippen molar-refractivity contribution >= 4 is 11.7 Å². The number of carbonyl (C=O) groups excluding carboxylic acids is 1. The van der Waals surface area contributed by atoms with E-state index in [9.17, 15) is 4.79 Å². The first kappa shape index (κ1) is 18.6. The Hall–Kier alpha value is -2.69. The molecule has 0 aliphatic heterocycles. The average molecular weight is 342 g/mol. The number of methoxy groups -OCH3 is 2. The van der Waals surface area contributed by atoms with E-state index in [4.69, 9.17) is 9.47 Å². The highest BCUT2D eigenvalue weighted by Crippen LogP contribution is 2.33. The lowest BCUT2D eigenvalue weighted by Gasteiger charge is -2.23. The van der Waals surface area contributed by atoms with E-state index in [0.29, 0.717) is 24.0 Å². The molecule has 0 aromatic heterocycles. The second kappa shape index (κ2) is 8.97. The van der Waals surface area contributed by atoms with Gasteiger partial charge in [-0.25, -0.2) is 4.79 Å². The Balaban J connectivity index is 2.04. The highest BCUT2D eigenvalue weighted by molar-refractivity contribution is 5.89. The van der Waals surface area contributed by atoms with Crippen molar-refractivity contribution in [2.24, 2.45) is 5.92 Å². The van der Waals surface area contributed by atoms with Crippen molar-refractivity contribution in [3.8, 4) is 11.5 Å². The summed E-state index contributed by atoms with van der Waals surface area (Å²) in [5.41, 5.74) is 1.87. The van der Waals surface area contributed by atoms with Crippen LogP contribution in [-0.4, -0.2) is 26.8 Å². The highest BCUT2D eigenvalue weighted by atomic mass is 16.5. The standard InChI is InChI=1S/C20H26N2O3/c1-14(2)17(15-10-11-18(24-3)19(12-15)25-4)13-21-20(23)22-16-8-6-5-7-9-16/h5-12,14,17H,13H2,1-4H3,(H2,21,22,23). The molecule has 2 N–H and O–H groups in total. The molecular weight excluding hydrogens is 316 g/mol. The van der Waals surface area contributed by atoms with Gasteiger partial charge >= 0.3 is 6.03 Å². The van der Waals surface area contributed by atoms with E-state index in [-0.39, 0.29) is 11.9 Å². The van der Waals surface area contributed by atoms with Gasteiger partial charge in [0.1, 0.15) is 0 Å². The number of urea groups is 1. The molecule has 2 amide bonds. The SMILES string of the molecule is COc1ccc(C(CNC(=O)Nc2ccccc2)C(C)C)cc1OC. The van der Waals surface area contributed by atoms with E-state index >= 15 is 0 Å². The molecule has 0 heterocycles. The maximum Gasteiger partial charge on any atom is 0.319 e. The van der Waals surface area contributed by atoms with Gasteiger partial charge in [0.25, 0.3) is 0 Å². The van der Waals surface area contributed by atoms with Crippen LogP contribution in [0.4, 0.5) is 10.5 Å². The lowest BCUT2D eigenvalue weighted by Crippen LogP contribution is -2.33. The third-order valence-corrected chi connectivity index (χ3v) is 4.15. The van der Waals surface area contributed by atoms with Crippen LogP contribution < -0.4 is 20.1 Å². The maximum atomic E-state index is 12.1. The molecule has 0 aliphatic carbocycles. The first-order valence-corrected chi connectivity index (χ1v) is 8.37. The third-order valence-electron chi connectivity index (χ3n) is 4.15. The van der Waals surface area contributed by atoms with Gasteiger partial charge in [0.05, 0.1) is 14.2 Å². The molecule has 25 heavy (non-hydrogen) atoms. The number of nitrogens with one attached hydrogen (secondary N) is 2. The molecule has 5 nitrogen and oxygen atoms in total. The molecule has 0 saturated heterocycles. The minimum atomic E-state index is -0.211. The van der Waals surface area contributed by atoms with Crippen molar-refractivity contribution < 1.29 is 14.3 Å². The summed E-state index contributed by atoms with van der Waals surface area (Å²) in [6.45, 7) is 4.81. The van der Waals surface area contributed by atoms with E-state index in [1.165, 1.54) is 0 Å². The molecule has 2 rings (SSSR count). The summed E-state index contributed by atoms with van der Waals surface area (Å²) in [5.74, 6) is 1.92. The van der Waals surface area contributed by atoms with Gasteiger partial charge in [-0.3, -0.25) is 0 Å². The molecule has 1 unspecified atom stereocenters. The lowest BCUT2D eigenvalue weighted by atomic mass is 9.88. The molecule has 0 spiro atoms. The first-order chi connectivity index (χ1) is 12.0. The van der Waals surface area contributed by atoms with Gasteiger partial charge < -0.3 is 20.1 Å². The van der Waals surface area contributed by atoms with Crippen molar-refractivity contribution in [3.05, 3.63) is 54.1 Å². The monoisotopic (exact) mass is 342 g/mol. The molecule has 5 heteroatoms. The van der Waals surface area contributed by atoms with Crippen molar-refractivity contribution in [2.75, 3.05) is 26.1 Å². The molecule has 2 aromatic rings. The second-order valence-electron chi connectivity index (χ2n) is 6.17. The first-order valence-electron chi connectivity index (χ1n) is 8.37. The Labute approximate surface area is 149 Å². The summed E-state index contributed by atoms with van der Waals surface area (Å²) >= 11 is 0. The molecular formula is C20H26N2O3. The number of hydrogen-bond acceptors (Lipinski definition) is 3. The molecule has 0 fully saturated rings. The highest BCUT2D eigenvalue weighted by Gasteiger charge is 2.19. The van der Waals surface area contributed by atoms with Crippen molar-refractivity contribution in [1.82, 2.24) is 5.32 Å². The number of ether oxygens (including phenoxy) is 2. The third kappa shape index (κ3) is 5.14. The fourth-order valence-corrected chi connectivity index (χ4v) is 2.72. The maximum absolute atomic E-state index is 12.1. The number of carbonyl (C=O) groups is 1. The predicted octanol–water partition coefficient (Wildman–Crippen LogP) is 4.27. The van der Waals surface area contributed by atoms with Crippen molar-refractivity contribution in [3.63, 3.8) is 0 Å². The zero-order valence-electron chi connectivity index (χ0n) is 15.2. The summed E-state index contributed by atoms with van der Waals surface area (Å²) < 4.78 is 10.7. The average Bonchev–Trinajstić information content (AvgIpc) is 2.62. The smallest absolute Gasteiger partial charge is 0.319 e. The van der Waals surface area contributed by atoms with E-state index in [1.54, 1.807) is 14.2 Å². The Morgan fingerprint density at radius 2 is 1.68 bits per heavy atom. The van der Waals surface area contributed by atoms with Crippen LogP contribution >= 0.6 is 0 Å². The van der Waals surface area contributed by atoms with Crippen LogP contribution in [0.5, 0.6) is 11.5 Å². The summed E-state index contributed by atoms with van der Waals surface area (Å²) in [5, 5.41) is 5.79. The van der Waals surface area contributed by atoms with E-state index < -0.39 is 0 Å². The summed E-state index contributed by atoms with van der Waals surface area (Å²) in [4.78, 5) is 12.1. The van der Waals surface area contributed by atoms with Gasteiger partial charge in [0, 0.05) is 18.2 Å². The molecule has 134 valence electrons. The normalized spacial score (nSPS) is 11.7. The van der Waals surface area contributed by atoms with Crippen LogP contribution in [0.1, 0.15) is 25.3 Å². The Morgan fingerprint density at radius 1 is 1.00 bits per heavy atom. The summed E-state index contributed by atoms with van der Waals surface area (Å²) in [6.07, 6.45) is 0. The molecule has 0 radical (unpaired) electrons. The molecule has 2 aromatic carbocycles. The topological polar surface area (TPSA) is 59.6 Å². The Kier molecular flexibility index (Phi) is 6.69. The largest absolute Gasteiger partial charge is 0.493 e. The zero-order chi connectivity index (χ0) is 18.2. The van der Waals surface area contributed by atoms with E-state index in [1.807, 2.05) is 48.5 Å². The number of para-hydroxylation sites is 1. The Morgan fingerprint density at radius 3 is 2.28 bits per heavy atom. The zero-order valence-corrected chi connectivity index (χ0v) is 15.2. The molecule has 0 saturated carbocycles. The number of hydrogen-bond donors (Lipinski definition) is 2. The van der Waals surface area contributed by atoms with Crippen LogP contribution in [0.15, 0.2) is 48.5 Å². The van der Waals surface area contributed by atoms with Crippen molar-refractivity contribution in [2.45, 2.75) is 19.8 Å². The van der Waals surface area contributed by atoms with Gasteiger partial charge in [-0.2, -0.15) is 0 Å². The van der Waals surface area contributed by atoms with Crippen LogP contribution in [0.3, 0.4) is 0 Å². The summed E-state index contributed by atoms with van der Waals surface area (Å²) in [6, 6.07) is 15.1. The van der Waals surface area contributed by atoms with Crippen LogP contribution in [0, 0.1) is 5.92 Å². The number of benzene rings is 2. The molecule has 0 bridgehead atoms. The number of amides is 2. The fraction of sp³-hybridized carbons (Fsp3) is 0.350. The fourth-order valence-electron chi connectivity index (χ4n) is 2.72. The van der Waals surface area contributed by atoms with Gasteiger partial charge in [-0.15, -0.1) is 0 Å². The summed E-state index contributed by atoms with van der Waals surface area (Å²) in [7, 11) is 3.24. The van der Waals surface area contributed by atoms with Gasteiger partial charge in [0.15, 0.2) is 11.5 Å². The minimum absolute atomic E-state index is 0.168. The number of anilines is 1. The quantitative estimate of drug-likeness (QED) is 0.790. The van der Waals surface area contributed by atoms with Gasteiger partial charge in [0.2, 0.25) is 0 Å². The van der Waals surface area contributed by atoms with Crippen LogP contribution in [0.25, 0.3) is 0 Å². The molecule has 1 atom stereocenters. The Bertz CT molecular complexity index is 687. The van der Waals surface area contributed by atoms with Crippen molar-refractivity contribution in [1.29, 1.82) is 0 Å². The lowest BCUT2D eigenvalue weighted by molar-refractivity contribution is 0.250. The van der Waals surface area contributed by atoms with Gasteiger partial charge in [-0.1, -0.05) is 38.1 Å². The van der Waals surface area contributed by atoms with Crippen LogP contribution in [0.2, 0.25) is 0 Å². The van der Waals surface area contributed by atoms with E-state index in [2.05, 4.69) is 24.5 Å². The van der Waals surface area contributed by atoms with Gasteiger partial charge in [-0.05, 0) is 35.7 Å².